The summed E-state index contributed by atoms with van der Waals surface area (Å²) in [5.74, 6) is 0.572. The number of thiophene rings is 1. The lowest BCUT2D eigenvalue weighted by Gasteiger charge is -2.12. The van der Waals surface area contributed by atoms with Crippen molar-refractivity contribution in [2.45, 2.75) is 13.5 Å². The van der Waals surface area contributed by atoms with E-state index in [0.717, 1.165) is 16.9 Å². The Kier molecular flexibility index (Phi) is 7.59. The van der Waals surface area contributed by atoms with E-state index in [2.05, 4.69) is 10.5 Å². The second kappa shape index (κ2) is 10.4. The van der Waals surface area contributed by atoms with E-state index in [-0.39, 0.29) is 6.61 Å². The summed E-state index contributed by atoms with van der Waals surface area (Å²) in [6.45, 7) is 1.91. The second-order valence-corrected chi connectivity index (χ2v) is 8.44. The predicted octanol–water partition coefficient (Wildman–Crippen LogP) is 5.17. The summed E-state index contributed by atoms with van der Waals surface area (Å²) in [7, 11) is 1.52. The molecule has 0 saturated heterocycles. The van der Waals surface area contributed by atoms with Crippen LogP contribution in [0.5, 0.6) is 11.5 Å². The van der Waals surface area contributed by atoms with Crippen molar-refractivity contribution >= 4 is 51.7 Å². The molecular weight excluding hydrogens is 471 g/mol. The van der Waals surface area contributed by atoms with Gasteiger partial charge in [-0.05, 0) is 48.4 Å². The monoisotopic (exact) mass is 488 g/mol. The van der Waals surface area contributed by atoms with Gasteiger partial charge in [-0.25, -0.2) is 5.43 Å². The molecule has 0 aliphatic carbocycles. The zero-order valence-corrected chi connectivity index (χ0v) is 19.4. The van der Waals surface area contributed by atoms with E-state index < -0.39 is 5.91 Å². The van der Waals surface area contributed by atoms with Crippen LogP contribution < -0.4 is 20.6 Å². The number of hydrogen-bond acceptors (Lipinski definition) is 7. The van der Waals surface area contributed by atoms with Crippen LogP contribution in [-0.2, 0) is 6.61 Å². The molecule has 0 fully saturated rings. The number of nitrogen functional groups attached to an aromatic ring is 1. The molecule has 2 aromatic carbocycles. The average molecular weight is 489 g/mol. The molecule has 0 radical (unpaired) electrons. The molecule has 0 aliphatic rings. The van der Waals surface area contributed by atoms with Gasteiger partial charge in [-0.15, -0.1) is 11.3 Å². The summed E-state index contributed by atoms with van der Waals surface area (Å²) in [5, 5.41) is 14.4. The molecule has 0 spiro atoms. The van der Waals surface area contributed by atoms with Crippen LogP contribution in [0.4, 0.5) is 5.00 Å². The molecule has 3 rings (SSSR count). The van der Waals surface area contributed by atoms with Crippen molar-refractivity contribution in [1.29, 1.82) is 5.26 Å². The Labute approximate surface area is 199 Å². The SMILES string of the molecule is COc1cc(/C=N\NC(=O)c2sc(N)c(C#N)c2C)ccc1OCc1ccc(Cl)cc1Cl. The minimum atomic E-state index is -0.441. The van der Waals surface area contributed by atoms with Gasteiger partial charge >= 0.3 is 0 Å². The number of hydrogen-bond donors (Lipinski definition) is 2. The third-order valence-electron chi connectivity index (χ3n) is 4.46. The minimum Gasteiger partial charge on any atom is -0.493 e. The van der Waals surface area contributed by atoms with Crippen LogP contribution in [0.3, 0.4) is 0 Å². The van der Waals surface area contributed by atoms with Gasteiger partial charge in [0.1, 0.15) is 22.6 Å². The molecular formula is C22H18Cl2N4O3S. The number of methoxy groups -OCH3 is 1. The van der Waals surface area contributed by atoms with Gasteiger partial charge in [0.15, 0.2) is 11.5 Å². The Morgan fingerprint density at radius 2 is 2.06 bits per heavy atom. The third-order valence-corrected chi connectivity index (χ3v) is 6.16. The fourth-order valence-electron chi connectivity index (χ4n) is 2.79. The van der Waals surface area contributed by atoms with Crippen molar-refractivity contribution in [3.8, 4) is 17.6 Å². The van der Waals surface area contributed by atoms with E-state index in [1.165, 1.54) is 13.3 Å². The van der Waals surface area contributed by atoms with Crippen LogP contribution in [0.25, 0.3) is 0 Å². The van der Waals surface area contributed by atoms with Gasteiger partial charge < -0.3 is 15.2 Å². The van der Waals surface area contributed by atoms with Crippen molar-refractivity contribution in [2.24, 2.45) is 5.10 Å². The summed E-state index contributed by atoms with van der Waals surface area (Å²) in [4.78, 5) is 12.7. The minimum absolute atomic E-state index is 0.240. The molecule has 7 nitrogen and oxygen atoms in total. The smallest absolute Gasteiger partial charge is 0.281 e. The number of anilines is 1. The first-order valence-corrected chi connectivity index (χ1v) is 10.8. The van der Waals surface area contributed by atoms with Gasteiger partial charge in [-0.3, -0.25) is 4.79 Å². The first-order valence-electron chi connectivity index (χ1n) is 9.21. The first-order chi connectivity index (χ1) is 15.3. The van der Waals surface area contributed by atoms with E-state index >= 15 is 0 Å². The van der Waals surface area contributed by atoms with Gasteiger partial charge in [-0.2, -0.15) is 10.4 Å². The molecule has 3 N–H and O–H groups in total. The third kappa shape index (κ3) is 5.32. The zero-order valence-electron chi connectivity index (χ0n) is 17.1. The number of benzene rings is 2. The van der Waals surface area contributed by atoms with Gasteiger partial charge in [0.05, 0.1) is 18.9 Å². The Hall–Kier alpha value is -3.25. The summed E-state index contributed by atoms with van der Waals surface area (Å²) in [5.41, 5.74) is 10.5. The highest BCUT2D eigenvalue weighted by Gasteiger charge is 2.18. The summed E-state index contributed by atoms with van der Waals surface area (Å²) in [6.07, 6.45) is 1.47. The summed E-state index contributed by atoms with van der Waals surface area (Å²) >= 11 is 13.1. The molecule has 3 aromatic rings. The normalized spacial score (nSPS) is 10.7. The highest BCUT2D eigenvalue weighted by molar-refractivity contribution is 7.18. The van der Waals surface area contributed by atoms with Crippen LogP contribution in [0.15, 0.2) is 41.5 Å². The zero-order chi connectivity index (χ0) is 23.3. The number of amides is 1. The summed E-state index contributed by atoms with van der Waals surface area (Å²) < 4.78 is 11.2. The molecule has 0 unspecified atom stereocenters. The van der Waals surface area contributed by atoms with Gasteiger partial charge in [0.2, 0.25) is 0 Å². The second-order valence-electron chi connectivity index (χ2n) is 6.54. The van der Waals surface area contributed by atoms with E-state index in [0.29, 0.717) is 48.1 Å². The number of halogens is 2. The van der Waals surface area contributed by atoms with E-state index in [1.54, 1.807) is 43.3 Å². The first kappa shape index (κ1) is 23.4. The van der Waals surface area contributed by atoms with E-state index in [9.17, 15) is 4.79 Å². The quantitative estimate of drug-likeness (QED) is 0.352. The maximum Gasteiger partial charge on any atom is 0.281 e. The maximum atomic E-state index is 12.3. The largest absolute Gasteiger partial charge is 0.493 e. The predicted molar refractivity (Wildman–Crippen MR) is 127 cm³/mol. The molecule has 0 bridgehead atoms. The van der Waals surface area contributed by atoms with E-state index in [4.69, 9.17) is 43.7 Å². The van der Waals surface area contributed by atoms with Crippen LogP contribution >= 0.6 is 34.5 Å². The average Bonchev–Trinajstić information content (AvgIpc) is 3.06. The maximum absolute atomic E-state index is 12.3. The number of nitrogens with zero attached hydrogens (tertiary/aromatic N) is 2. The topological polar surface area (TPSA) is 110 Å². The van der Waals surface area contributed by atoms with Gasteiger partial charge in [-0.1, -0.05) is 29.3 Å². The number of nitriles is 1. The molecule has 1 aromatic heterocycles. The fraction of sp³-hybridized carbons (Fsp3) is 0.136. The molecule has 0 atom stereocenters. The Morgan fingerprint density at radius 1 is 1.28 bits per heavy atom. The lowest BCUT2D eigenvalue weighted by atomic mass is 10.2. The molecule has 164 valence electrons. The molecule has 0 aliphatic heterocycles. The number of nitrogens with one attached hydrogen (secondary N) is 1. The number of hydrazone groups is 1. The highest BCUT2D eigenvalue weighted by Crippen LogP contribution is 2.31. The number of rotatable bonds is 7. The van der Waals surface area contributed by atoms with Crippen LogP contribution in [-0.4, -0.2) is 19.2 Å². The number of carbonyl (C=O) groups is 1. The van der Waals surface area contributed by atoms with Gasteiger partial charge in [0.25, 0.3) is 5.91 Å². The van der Waals surface area contributed by atoms with Crippen LogP contribution in [0.2, 0.25) is 10.0 Å². The Bertz CT molecular complexity index is 1230. The Morgan fingerprint density at radius 3 is 2.72 bits per heavy atom. The number of carbonyl (C=O) groups excluding carboxylic acids is 1. The van der Waals surface area contributed by atoms with Crippen molar-refractivity contribution in [1.82, 2.24) is 5.43 Å². The standard InChI is InChI=1S/C22H18Cl2N4O3S/c1-12-16(9-25)21(26)32-20(12)22(29)28-27-10-13-3-6-18(19(7-13)30-2)31-11-14-4-5-15(23)8-17(14)24/h3-8,10H,11,26H2,1-2H3,(H,28,29)/b27-10-. The van der Waals surface area contributed by atoms with Crippen molar-refractivity contribution in [2.75, 3.05) is 12.8 Å². The number of nitrogens with two attached hydrogens (primary N) is 1. The molecule has 1 heterocycles. The number of ether oxygens (including phenoxy) is 2. The molecule has 0 saturated carbocycles. The lowest BCUT2D eigenvalue weighted by Crippen LogP contribution is -2.17. The van der Waals surface area contributed by atoms with Crippen molar-refractivity contribution in [3.05, 3.63) is 73.6 Å². The van der Waals surface area contributed by atoms with Crippen molar-refractivity contribution < 1.29 is 14.3 Å². The van der Waals surface area contributed by atoms with E-state index in [1.807, 2.05) is 6.07 Å². The molecule has 1 amide bonds. The van der Waals surface area contributed by atoms with Gasteiger partial charge in [0, 0.05) is 15.6 Å². The van der Waals surface area contributed by atoms with Crippen LogP contribution in [0.1, 0.15) is 31.9 Å². The van der Waals surface area contributed by atoms with Crippen molar-refractivity contribution in [3.63, 3.8) is 0 Å². The lowest BCUT2D eigenvalue weighted by molar-refractivity contribution is 0.0958. The highest BCUT2D eigenvalue weighted by atomic mass is 35.5. The fourth-order valence-corrected chi connectivity index (χ4v) is 4.16. The Balaban J connectivity index is 1.67. The van der Waals surface area contributed by atoms with Crippen LogP contribution in [0, 0.1) is 18.3 Å². The molecule has 32 heavy (non-hydrogen) atoms. The molecule has 10 heteroatoms. The summed E-state index contributed by atoms with van der Waals surface area (Å²) in [6, 6.07) is 12.4.